The number of nitrogens with two attached hydrogens (primary N) is 1. The van der Waals surface area contributed by atoms with Crippen LogP contribution in [0.5, 0.6) is 0 Å². The van der Waals surface area contributed by atoms with Crippen LogP contribution >= 0.6 is 11.3 Å². The SMILES string of the molecule is Cc1cc(C(C)NS(=O)(=O)c2cc(CN)oc2C)c(C)s1. The third kappa shape index (κ3) is 3.37. The first-order valence-electron chi connectivity index (χ1n) is 6.63. The molecule has 116 valence electrons. The predicted octanol–water partition coefficient (Wildman–Crippen LogP) is 2.76. The molecule has 0 saturated carbocycles. The molecular formula is C14H20N2O3S2. The highest BCUT2D eigenvalue weighted by Gasteiger charge is 2.24. The van der Waals surface area contributed by atoms with Gasteiger partial charge in [0.05, 0.1) is 6.54 Å². The van der Waals surface area contributed by atoms with Crippen molar-refractivity contribution in [2.24, 2.45) is 5.73 Å². The molecule has 0 aliphatic carbocycles. The number of furan rings is 1. The van der Waals surface area contributed by atoms with Crippen LogP contribution in [-0.2, 0) is 16.6 Å². The van der Waals surface area contributed by atoms with Gasteiger partial charge in [-0.25, -0.2) is 13.1 Å². The van der Waals surface area contributed by atoms with Gasteiger partial charge in [-0.3, -0.25) is 0 Å². The van der Waals surface area contributed by atoms with Gasteiger partial charge in [0.2, 0.25) is 10.0 Å². The molecule has 2 aromatic rings. The molecule has 0 spiro atoms. The lowest BCUT2D eigenvalue weighted by Gasteiger charge is -2.13. The molecule has 5 nitrogen and oxygen atoms in total. The van der Waals surface area contributed by atoms with E-state index in [1.807, 2.05) is 26.8 Å². The third-order valence-corrected chi connectivity index (χ3v) is 5.92. The van der Waals surface area contributed by atoms with Crippen molar-refractivity contribution in [1.29, 1.82) is 0 Å². The lowest BCUT2D eigenvalue weighted by molar-refractivity contribution is 0.478. The van der Waals surface area contributed by atoms with E-state index < -0.39 is 10.0 Å². The van der Waals surface area contributed by atoms with Crippen LogP contribution in [0.4, 0.5) is 0 Å². The molecule has 0 radical (unpaired) electrons. The molecule has 7 heteroatoms. The minimum Gasteiger partial charge on any atom is -0.464 e. The van der Waals surface area contributed by atoms with E-state index >= 15 is 0 Å². The van der Waals surface area contributed by atoms with E-state index in [2.05, 4.69) is 4.72 Å². The summed E-state index contributed by atoms with van der Waals surface area (Å²) in [7, 11) is -3.63. The molecule has 2 rings (SSSR count). The Bertz CT molecular complexity index is 744. The van der Waals surface area contributed by atoms with E-state index in [0.29, 0.717) is 11.5 Å². The normalized spacial score (nSPS) is 13.6. The van der Waals surface area contributed by atoms with Crippen LogP contribution in [0.2, 0.25) is 0 Å². The smallest absolute Gasteiger partial charge is 0.244 e. The summed E-state index contributed by atoms with van der Waals surface area (Å²) >= 11 is 1.66. The number of sulfonamides is 1. The largest absolute Gasteiger partial charge is 0.464 e. The topological polar surface area (TPSA) is 85.3 Å². The van der Waals surface area contributed by atoms with E-state index in [9.17, 15) is 8.42 Å². The van der Waals surface area contributed by atoms with Crippen LogP contribution < -0.4 is 10.5 Å². The molecule has 0 aliphatic heterocycles. The molecule has 0 fully saturated rings. The fourth-order valence-electron chi connectivity index (χ4n) is 2.33. The zero-order valence-electron chi connectivity index (χ0n) is 12.6. The fraction of sp³-hybridized carbons (Fsp3) is 0.429. The fourth-order valence-corrected chi connectivity index (χ4v) is 4.78. The van der Waals surface area contributed by atoms with Crippen LogP contribution in [0.1, 0.15) is 39.8 Å². The first kappa shape index (κ1) is 16.2. The lowest BCUT2D eigenvalue weighted by atomic mass is 10.1. The first-order valence-corrected chi connectivity index (χ1v) is 8.93. The maximum Gasteiger partial charge on any atom is 0.244 e. The number of rotatable bonds is 5. The highest BCUT2D eigenvalue weighted by atomic mass is 32.2. The minimum atomic E-state index is -3.63. The second-order valence-corrected chi connectivity index (χ2v) is 8.19. The van der Waals surface area contributed by atoms with Crippen LogP contribution in [0, 0.1) is 20.8 Å². The average molecular weight is 328 g/mol. The predicted molar refractivity (Wildman–Crippen MR) is 83.9 cm³/mol. The summed E-state index contributed by atoms with van der Waals surface area (Å²) in [6.07, 6.45) is 0. The summed E-state index contributed by atoms with van der Waals surface area (Å²) in [6.45, 7) is 7.64. The summed E-state index contributed by atoms with van der Waals surface area (Å²) in [4.78, 5) is 2.44. The van der Waals surface area contributed by atoms with Gasteiger partial charge in [0, 0.05) is 21.9 Å². The maximum atomic E-state index is 12.5. The highest BCUT2D eigenvalue weighted by molar-refractivity contribution is 7.89. The van der Waals surface area contributed by atoms with Crippen molar-refractivity contribution in [1.82, 2.24) is 4.72 Å². The van der Waals surface area contributed by atoms with Gasteiger partial charge in [-0.2, -0.15) is 0 Å². The van der Waals surface area contributed by atoms with E-state index in [-0.39, 0.29) is 17.5 Å². The monoisotopic (exact) mass is 328 g/mol. The standard InChI is InChI=1S/C14H20N2O3S2/c1-8-5-13(11(4)20-8)9(2)16-21(17,18)14-6-12(7-15)19-10(14)3/h5-6,9,16H,7,15H2,1-4H3. The molecule has 1 unspecified atom stereocenters. The lowest BCUT2D eigenvalue weighted by Crippen LogP contribution is -2.27. The molecular weight excluding hydrogens is 308 g/mol. The zero-order chi connectivity index (χ0) is 15.8. The molecule has 0 amide bonds. The van der Waals surface area contributed by atoms with Gasteiger partial charge in [-0.05, 0) is 39.3 Å². The molecule has 0 bridgehead atoms. The van der Waals surface area contributed by atoms with Crippen molar-refractivity contribution in [3.63, 3.8) is 0 Å². The Kier molecular flexibility index (Phi) is 4.57. The Labute approximate surface area is 129 Å². The number of nitrogens with one attached hydrogen (secondary N) is 1. The van der Waals surface area contributed by atoms with Gasteiger partial charge in [0.1, 0.15) is 16.4 Å². The summed E-state index contributed by atoms with van der Waals surface area (Å²) in [5, 5.41) is 0. The van der Waals surface area contributed by atoms with Gasteiger partial charge >= 0.3 is 0 Å². The van der Waals surface area contributed by atoms with Crippen molar-refractivity contribution in [2.75, 3.05) is 0 Å². The van der Waals surface area contributed by atoms with Crippen LogP contribution in [0.3, 0.4) is 0 Å². The highest BCUT2D eigenvalue weighted by Crippen LogP contribution is 2.28. The molecule has 2 aromatic heterocycles. The van der Waals surface area contributed by atoms with Gasteiger partial charge < -0.3 is 10.2 Å². The summed E-state index contributed by atoms with van der Waals surface area (Å²) in [5.41, 5.74) is 6.48. The van der Waals surface area contributed by atoms with Crippen LogP contribution in [-0.4, -0.2) is 8.42 Å². The molecule has 2 heterocycles. The van der Waals surface area contributed by atoms with Crippen molar-refractivity contribution in [3.05, 3.63) is 39.0 Å². The minimum absolute atomic E-state index is 0.152. The van der Waals surface area contributed by atoms with E-state index in [0.717, 1.165) is 10.4 Å². The molecule has 0 aliphatic rings. The van der Waals surface area contributed by atoms with Crippen LogP contribution in [0.25, 0.3) is 0 Å². The Balaban J connectivity index is 2.28. The second kappa shape index (κ2) is 5.92. The van der Waals surface area contributed by atoms with Crippen molar-refractivity contribution in [3.8, 4) is 0 Å². The number of thiophene rings is 1. The summed E-state index contributed by atoms with van der Waals surface area (Å²) < 4.78 is 33.0. The third-order valence-electron chi connectivity index (χ3n) is 3.29. The number of aryl methyl sites for hydroxylation is 3. The van der Waals surface area contributed by atoms with Gasteiger partial charge in [0.25, 0.3) is 0 Å². The van der Waals surface area contributed by atoms with Crippen LogP contribution in [0.15, 0.2) is 21.4 Å². The van der Waals surface area contributed by atoms with E-state index in [1.165, 1.54) is 10.9 Å². The number of hydrogen-bond donors (Lipinski definition) is 2. The molecule has 3 N–H and O–H groups in total. The van der Waals surface area contributed by atoms with E-state index in [1.54, 1.807) is 18.3 Å². The Morgan fingerprint density at radius 2 is 2.00 bits per heavy atom. The average Bonchev–Trinajstić information content (AvgIpc) is 2.91. The quantitative estimate of drug-likeness (QED) is 0.884. The van der Waals surface area contributed by atoms with Crippen molar-refractivity contribution < 1.29 is 12.8 Å². The zero-order valence-corrected chi connectivity index (χ0v) is 14.2. The van der Waals surface area contributed by atoms with Gasteiger partial charge in [-0.15, -0.1) is 11.3 Å². The van der Waals surface area contributed by atoms with Gasteiger partial charge in [0.15, 0.2) is 0 Å². The molecule has 0 saturated heterocycles. The molecule has 21 heavy (non-hydrogen) atoms. The van der Waals surface area contributed by atoms with Gasteiger partial charge in [-0.1, -0.05) is 0 Å². The van der Waals surface area contributed by atoms with Crippen molar-refractivity contribution >= 4 is 21.4 Å². The second-order valence-electron chi connectivity index (χ2n) is 5.05. The Morgan fingerprint density at radius 3 is 2.48 bits per heavy atom. The molecule has 1 atom stereocenters. The first-order chi connectivity index (χ1) is 9.74. The van der Waals surface area contributed by atoms with E-state index in [4.69, 9.17) is 10.2 Å². The maximum absolute atomic E-state index is 12.5. The van der Waals surface area contributed by atoms with Crippen molar-refractivity contribution in [2.45, 2.75) is 45.2 Å². The Morgan fingerprint density at radius 1 is 1.33 bits per heavy atom. The number of hydrogen-bond acceptors (Lipinski definition) is 5. The molecule has 0 aromatic carbocycles. The summed E-state index contributed by atoms with van der Waals surface area (Å²) in [6, 6.07) is 3.20. The Hall–Kier alpha value is -1.15. The summed E-state index contributed by atoms with van der Waals surface area (Å²) in [5.74, 6) is 0.816.